The van der Waals surface area contributed by atoms with E-state index in [1.807, 2.05) is 17.5 Å². The van der Waals surface area contributed by atoms with Crippen LogP contribution in [-0.4, -0.2) is 13.0 Å². The summed E-state index contributed by atoms with van der Waals surface area (Å²) in [6.07, 6.45) is 0. The number of rotatable bonds is 3. The van der Waals surface area contributed by atoms with Crippen molar-refractivity contribution in [2.75, 3.05) is 18.2 Å². The second-order valence-electron chi connectivity index (χ2n) is 4.17. The molecular formula is C14H12N2O2S2. The van der Waals surface area contributed by atoms with Crippen LogP contribution in [0.15, 0.2) is 35.7 Å². The van der Waals surface area contributed by atoms with E-state index in [9.17, 15) is 4.79 Å². The zero-order valence-corrected chi connectivity index (χ0v) is 12.3. The van der Waals surface area contributed by atoms with Gasteiger partial charge in [0.2, 0.25) is 0 Å². The molecule has 20 heavy (non-hydrogen) atoms. The van der Waals surface area contributed by atoms with E-state index >= 15 is 0 Å². The third-order valence-electron chi connectivity index (χ3n) is 2.85. The van der Waals surface area contributed by atoms with Crippen molar-refractivity contribution in [2.24, 2.45) is 0 Å². The predicted molar refractivity (Wildman–Crippen MR) is 85.1 cm³/mol. The Labute approximate surface area is 123 Å². The molecule has 0 spiro atoms. The van der Waals surface area contributed by atoms with Crippen LogP contribution >= 0.6 is 22.7 Å². The summed E-state index contributed by atoms with van der Waals surface area (Å²) >= 11 is 3.12. The molecule has 0 saturated heterocycles. The molecule has 3 N–H and O–H groups in total. The lowest BCUT2D eigenvalue weighted by molar-refractivity contribution is 0.103. The van der Waals surface area contributed by atoms with Gasteiger partial charge in [0.25, 0.3) is 5.91 Å². The second kappa shape index (κ2) is 5.15. The highest BCUT2D eigenvalue weighted by atomic mass is 32.1. The maximum Gasteiger partial charge on any atom is 0.265 e. The van der Waals surface area contributed by atoms with Gasteiger partial charge >= 0.3 is 0 Å². The van der Waals surface area contributed by atoms with Gasteiger partial charge < -0.3 is 15.8 Å². The Balaban J connectivity index is 1.81. The monoisotopic (exact) mass is 304 g/mol. The van der Waals surface area contributed by atoms with Gasteiger partial charge in [0.15, 0.2) is 0 Å². The Morgan fingerprint density at radius 3 is 2.80 bits per heavy atom. The summed E-state index contributed by atoms with van der Waals surface area (Å²) in [5, 5.41) is 4.86. The average molecular weight is 304 g/mol. The number of fused-ring (bicyclic) bond motifs is 1. The molecule has 2 aromatic heterocycles. The Hall–Kier alpha value is -2.05. The van der Waals surface area contributed by atoms with Crippen molar-refractivity contribution in [3.8, 4) is 5.75 Å². The van der Waals surface area contributed by atoms with Crippen LogP contribution in [-0.2, 0) is 0 Å². The number of carbonyl (C=O) groups excluding carboxylic acids is 1. The van der Waals surface area contributed by atoms with Crippen molar-refractivity contribution in [3.05, 3.63) is 40.6 Å². The number of amides is 1. The number of nitrogen functional groups attached to an aromatic ring is 1. The van der Waals surface area contributed by atoms with Crippen molar-refractivity contribution >= 4 is 49.4 Å². The van der Waals surface area contributed by atoms with Gasteiger partial charge in [0.1, 0.15) is 5.75 Å². The minimum absolute atomic E-state index is 0.122. The standard InChI is InChI=1S/C14H12N2O2S2/c1-18-10-3-2-8(6-9(10)15)16-14(17)13-7-12-11(20-13)4-5-19-12/h2-7H,15H2,1H3,(H,16,17). The van der Waals surface area contributed by atoms with Gasteiger partial charge in [0.05, 0.1) is 17.7 Å². The molecule has 1 amide bonds. The number of thiophene rings is 2. The van der Waals surface area contributed by atoms with Gasteiger partial charge in [-0.1, -0.05) is 0 Å². The van der Waals surface area contributed by atoms with E-state index in [4.69, 9.17) is 10.5 Å². The van der Waals surface area contributed by atoms with Crippen molar-refractivity contribution in [1.29, 1.82) is 0 Å². The third-order valence-corrected chi connectivity index (χ3v) is 4.94. The van der Waals surface area contributed by atoms with Crippen LogP contribution in [0.2, 0.25) is 0 Å². The molecule has 0 unspecified atom stereocenters. The third kappa shape index (κ3) is 2.35. The van der Waals surface area contributed by atoms with E-state index < -0.39 is 0 Å². The predicted octanol–water partition coefficient (Wildman–Crippen LogP) is 3.81. The number of anilines is 2. The maximum absolute atomic E-state index is 12.2. The molecule has 3 rings (SSSR count). The summed E-state index contributed by atoms with van der Waals surface area (Å²) in [4.78, 5) is 12.9. The lowest BCUT2D eigenvalue weighted by atomic mass is 10.2. The largest absolute Gasteiger partial charge is 0.495 e. The normalized spacial score (nSPS) is 10.7. The molecule has 0 saturated carbocycles. The van der Waals surface area contributed by atoms with E-state index in [0.29, 0.717) is 22.0 Å². The van der Waals surface area contributed by atoms with Gasteiger partial charge in [-0.05, 0) is 35.7 Å². The average Bonchev–Trinajstić information content (AvgIpc) is 2.99. The number of nitrogens with one attached hydrogen (secondary N) is 1. The van der Waals surface area contributed by atoms with Crippen LogP contribution < -0.4 is 15.8 Å². The zero-order valence-electron chi connectivity index (χ0n) is 10.7. The summed E-state index contributed by atoms with van der Waals surface area (Å²) in [5.41, 5.74) is 6.97. The van der Waals surface area contributed by atoms with E-state index in [0.717, 1.165) is 9.40 Å². The molecule has 1 aromatic carbocycles. The highest BCUT2D eigenvalue weighted by molar-refractivity contribution is 7.27. The fraction of sp³-hybridized carbons (Fsp3) is 0.0714. The summed E-state index contributed by atoms with van der Waals surface area (Å²) in [6.45, 7) is 0. The maximum atomic E-state index is 12.2. The van der Waals surface area contributed by atoms with Gasteiger partial charge in [-0.15, -0.1) is 22.7 Å². The van der Waals surface area contributed by atoms with E-state index in [1.54, 1.807) is 36.6 Å². The van der Waals surface area contributed by atoms with Crippen molar-refractivity contribution < 1.29 is 9.53 Å². The molecule has 0 aliphatic heterocycles. The first-order valence-electron chi connectivity index (χ1n) is 5.89. The Morgan fingerprint density at radius 2 is 2.10 bits per heavy atom. The molecule has 3 aromatic rings. The van der Waals surface area contributed by atoms with E-state index in [1.165, 1.54) is 11.3 Å². The highest BCUT2D eigenvalue weighted by Crippen LogP contribution is 2.31. The summed E-state index contributed by atoms with van der Waals surface area (Å²) in [6, 6.07) is 9.12. The van der Waals surface area contributed by atoms with Gasteiger partial charge in [-0.2, -0.15) is 0 Å². The molecule has 4 nitrogen and oxygen atoms in total. The first-order chi connectivity index (χ1) is 9.67. The van der Waals surface area contributed by atoms with E-state index in [-0.39, 0.29) is 5.91 Å². The van der Waals surface area contributed by atoms with Crippen LogP contribution in [0.25, 0.3) is 9.40 Å². The molecule has 0 fully saturated rings. The number of nitrogens with two attached hydrogens (primary N) is 1. The summed E-state index contributed by atoms with van der Waals surface area (Å²) < 4.78 is 7.35. The van der Waals surface area contributed by atoms with Crippen LogP contribution in [0.1, 0.15) is 9.67 Å². The Morgan fingerprint density at radius 1 is 1.25 bits per heavy atom. The number of benzene rings is 1. The molecular weight excluding hydrogens is 292 g/mol. The number of hydrogen-bond acceptors (Lipinski definition) is 5. The van der Waals surface area contributed by atoms with Gasteiger partial charge in [-0.3, -0.25) is 4.79 Å². The molecule has 0 atom stereocenters. The van der Waals surface area contributed by atoms with Gasteiger partial charge in [-0.25, -0.2) is 0 Å². The quantitative estimate of drug-likeness (QED) is 0.723. The number of ether oxygens (including phenoxy) is 1. The summed E-state index contributed by atoms with van der Waals surface area (Å²) in [5.74, 6) is 0.475. The topological polar surface area (TPSA) is 64.3 Å². The number of carbonyl (C=O) groups is 1. The molecule has 0 bridgehead atoms. The van der Waals surface area contributed by atoms with Crippen LogP contribution in [0, 0.1) is 0 Å². The van der Waals surface area contributed by atoms with Crippen LogP contribution in [0.5, 0.6) is 5.75 Å². The molecule has 0 aliphatic carbocycles. The molecule has 2 heterocycles. The second-order valence-corrected chi connectivity index (χ2v) is 6.20. The van der Waals surface area contributed by atoms with Crippen molar-refractivity contribution in [3.63, 3.8) is 0 Å². The molecule has 6 heteroatoms. The Bertz CT molecular complexity index is 748. The fourth-order valence-corrected chi connectivity index (χ4v) is 3.89. The molecule has 0 radical (unpaired) electrons. The van der Waals surface area contributed by atoms with Crippen LogP contribution in [0.3, 0.4) is 0 Å². The van der Waals surface area contributed by atoms with Crippen molar-refractivity contribution in [1.82, 2.24) is 0 Å². The number of methoxy groups -OCH3 is 1. The smallest absolute Gasteiger partial charge is 0.265 e. The first kappa shape index (κ1) is 13.0. The lowest BCUT2D eigenvalue weighted by Gasteiger charge is -2.08. The molecule has 0 aliphatic rings. The van der Waals surface area contributed by atoms with E-state index in [2.05, 4.69) is 5.32 Å². The molecule has 102 valence electrons. The lowest BCUT2D eigenvalue weighted by Crippen LogP contribution is -2.10. The Kier molecular flexibility index (Phi) is 3.33. The summed E-state index contributed by atoms with van der Waals surface area (Å²) in [7, 11) is 1.56. The first-order valence-corrected chi connectivity index (χ1v) is 7.59. The minimum atomic E-state index is -0.122. The fourth-order valence-electron chi connectivity index (χ4n) is 1.88. The van der Waals surface area contributed by atoms with Crippen LogP contribution in [0.4, 0.5) is 11.4 Å². The SMILES string of the molecule is COc1ccc(NC(=O)c2cc3sccc3s2)cc1N. The van der Waals surface area contributed by atoms with Gasteiger partial charge in [0, 0.05) is 15.1 Å². The minimum Gasteiger partial charge on any atom is -0.495 e. The highest BCUT2D eigenvalue weighted by Gasteiger charge is 2.12. The van der Waals surface area contributed by atoms with Crippen molar-refractivity contribution in [2.45, 2.75) is 0 Å². The number of hydrogen-bond donors (Lipinski definition) is 2. The zero-order chi connectivity index (χ0) is 14.1.